The lowest BCUT2D eigenvalue weighted by atomic mass is 9.83. The molecule has 2 unspecified atom stereocenters. The molecule has 3 aromatic rings. The number of hydrogen-bond donors (Lipinski definition) is 0. The van der Waals surface area contributed by atoms with Crippen LogP contribution in [0.2, 0.25) is 0 Å². The zero-order valence-electron chi connectivity index (χ0n) is 21.4. The number of ether oxygens (including phenoxy) is 1. The van der Waals surface area contributed by atoms with Gasteiger partial charge in [-0.05, 0) is 46.7 Å². The molecule has 0 amide bonds. The van der Waals surface area contributed by atoms with Crippen molar-refractivity contribution >= 4 is 5.57 Å². The third-order valence-electron chi connectivity index (χ3n) is 7.00. The third-order valence-corrected chi connectivity index (χ3v) is 7.00. The van der Waals surface area contributed by atoms with E-state index >= 15 is 8.78 Å². The maximum atomic E-state index is 15.6. The minimum atomic E-state index is -1.79. The molecule has 1 nitrogen and oxygen atoms in total. The van der Waals surface area contributed by atoms with Gasteiger partial charge in [0.2, 0.25) is 0 Å². The van der Waals surface area contributed by atoms with E-state index in [1.807, 2.05) is 42.5 Å². The van der Waals surface area contributed by atoms with Crippen LogP contribution in [0, 0.1) is 0 Å². The summed E-state index contributed by atoms with van der Waals surface area (Å²) in [5.74, 6) is -0.731. The first-order chi connectivity index (χ1) is 17.6. The number of alkyl halides is 1. The van der Waals surface area contributed by atoms with Crippen molar-refractivity contribution in [1.29, 1.82) is 0 Å². The molecule has 0 N–H and O–H groups in total. The highest BCUT2D eigenvalue weighted by molar-refractivity contribution is 5.80. The molecule has 0 saturated heterocycles. The van der Waals surface area contributed by atoms with Crippen molar-refractivity contribution < 1.29 is 13.5 Å². The lowest BCUT2D eigenvalue weighted by molar-refractivity contribution is -0.0648. The SMILES string of the molecule is CCCCCC1(OCCCC)C=CC(c2ccc(-c3ccc(-c4ccccc4)cc3)cc2)=C(F)C1F. The van der Waals surface area contributed by atoms with Crippen LogP contribution in [0.3, 0.4) is 0 Å². The average Bonchev–Trinajstić information content (AvgIpc) is 2.93. The van der Waals surface area contributed by atoms with Gasteiger partial charge in [0.15, 0.2) is 6.17 Å². The van der Waals surface area contributed by atoms with Crippen LogP contribution in [0.4, 0.5) is 8.78 Å². The lowest BCUT2D eigenvalue weighted by Gasteiger charge is -2.36. The molecule has 0 spiro atoms. The molecule has 2 atom stereocenters. The fraction of sp³-hybridized carbons (Fsp3) is 0.333. The number of hydrogen-bond acceptors (Lipinski definition) is 1. The van der Waals surface area contributed by atoms with Gasteiger partial charge in [0, 0.05) is 12.2 Å². The van der Waals surface area contributed by atoms with Crippen molar-refractivity contribution in [3.05, 3.63) is 102 Å². The predicted octanol–water partition coefficient (Wildman–Crippen LogP) is 9.74. The van der Waals surface area contributed by atoms with Crippen molar-refractivity contribution in [2.24, 2.45) is 0 Å². The molecule has 188 valence electrons. The summed E-state index contributed by atoms with van der Waals surface area (Å²) in [5.41, 5.74) is 4.22. The summed E-state index contributed by atoms with van der Waals surface area (Å²) in [6, 6.07) is 26.3. The van der Waals surface area contributed by atoms with Gasteiger partial charge in [-0.2, -0.15) is 0 Å². The van der Waals surface area contributed by atoms with Gasteiger partial charge in [-0.3, -0.25) is 0 Å². The largest absolute Gasteiger partial charge is 0.367 e. The second-order valence-corrected chi connectivity index (χ2v) is 9.59. The molecular weight excluding hydrogens is 450 g/mol. The number of halogens is 2. The van der Waals surface area contributed by atoms with Gasteiger partial charge < -0.3 is 4.74 Å². The zero-order chi connectivity index (χ0) is 25.4. The zero-order valence-corrected chi connectivity index (χ0v) is 21.4. The monoisotopic (exact) mass is 486 g/mol. The fourth-order valence-electron chi connectivity index (χ4n) is 4.76. The van der Waals surface area contributed by atoms with E-state index in [2.05, 4.69) is 50.2 Å². The summed E-state index contributed by atoms with van der Waals surface area (Å²) < 4.78 is 37.1. The number of benzene rings is 3. The second kappa shape index (κ2) is 12.3. The van der Waals surface area contributed by atoms with E-state index in [-0.39, 0.29) is 0 Å². The molecule has 0 fully saturated rings. The van der Waals surface area contributed by atoms with Crippen LogP contribution in [0.1, 0.15) is 57.9 Å². The molecule has 1 aliphatic rings. The molecule has 3 heteroatoms. The Bertz CT molecular complexity index is 1150. The molecule has 3 aromatic carbocycles. The Morgan fingerprint density at radius 2 is 1.22 bits per heavy atom. The minimum Gasteiger partial charge on any atom is -0.367 e. The Balaban J connectivity index is 1.52. The minimum absolute atomic E-state index is 0.304. The Labute approximate surface area is 214 Å². The maximum Gasteiger partial charge on any atom is 0.184 e. The number of allylic oxidation sites excluding steroid dienone is 2. The van der Waals surface area contributed by atoms with E-state index in [1.54, 1.807) is 12.2 Å². The summed E-state index contributed by atoms with van der Waals surface area (Å²) >= 11 is 0. The van der Waals surface area contributed by atoms with Crippen molar-refractivity contribution in [1.82, 2.24) is 0 Å². The van der Waals surface area contributed by atoms with Gasteiger partial charge in [0.25, 0.3) is 0 Å². The van der Waals surface area contributed by atoms with Gasteiger partial charge in [0.05, 0.1) is 0 Å². The summed E-state index contributed by atoms with van der Waals surface area (Å²) in [5, 5.41) is 0. The van der Waals surface area contributed by atoms with E-state index < -0.39 is 17.6 Å². The Morgan fingerprint density at radius 1 is 0.694 bits per heavy atom. The first-order valence-corrected chi connectivity index (χ1v) is 13.2. The topological polar surface area (TPSA) is 9.23 Å². The van der Waals surface area contributed by atoms with E-state index in [9.17, 15) is 0 Å². The number of rotatable bonds is 11. The number of unbranched alkanes of at least 4 members (excludes halogenated alkanes) is 3. The van der Waals surface area contributed by atoms with E-state index in [4.69, 9.17) is 4.74 Å². The molecule has 0 heterocycles. The summed E-state index contributed by atoms with van der Waals surface area (Å²) in [7, 11) is 0. The van der Waals surface area contributed by atoms with Crippen LogP contribution in [0.5, 0.6) is 0 Å². The van der Waals surface area contributed by atoms with Crippen LogP contribution in [0.15, 0.2) is 96.8 Å². The first kappa shape index (κ1) is 26.0. The summed E-state index contributed by atoms with van der Waals surface area (Å²) in [4.78, 5) is 0. The average molecular weight is 487 g/mol. The maximum absolute atomic E-state index is 15.6. The predicted molar refractivity (Wildman–Crippen MR) is 147 cm³/mol. The molecule has 0 radical (unpaired) electrons. The standard InChI is InChI=1S/C33H36F2O/c1-3-5-10-22-33(36-24-6-4-2)23-21-30(31(34)32(33)35)29-19-17-28(18-20-29)27-15-13-26(14-16-27)25-11-8-7-9-12-25/h7-9,11-21,23,32H,3-6,10,22,24H2,1-2H3. The highest BCUT2D eigenvalue weighted by atomic mass is 19.2. The highest BCUT2D eigenvalue weighted by Gasteiger charge is 2.44. The molecule has 0 saturated carbocycles. The van der Waals surface area contributed by atoms with E-state index in [1.165, 1.54) is 5.56 Å². The molecule has 0 aromatic heterocycles. The van der Waals surface area contributed by atoms with Gasteiger partial charge >= 0.3 is 0 Å². The van der Waals surface area contributed by atoms with E-state index in [0.29, 0.717) is 24.2 Å². The lowest BCUT2D eigenvalue weighted by Crippen LogP contribution is -2.43. The van der Waals surface area contributed by atoms with Crippen molar-refractivity contribution in [2.75, 3.05) is 6.61 Å². The molecule has 0 aliphatic heterocycles. The molecule has 4 rings (SSSR count). The Morgan fingerprint density at radius 3 is 1.78 bits per heavy atom. The first-order valence-electron chi connectivity index (χ1n) is 13.2. The van der Waals surface area contributed by atoms with Crippen LogP contribution in [-0.2, 0) is 4.74 Å². The van der Waals surface area contributed by atoms with Gasteiger partial charge in [-0.25, -0.2) is 8.78 Å². The van der Waals surface area contributed by atoms with Gasteiger partial charge in [-0.15, -0.1) is 0 Å². The van der Waals surface area contributed by atoms with Crippen LogP contribution in [-0.4, -0.2) is 18.4 Å². The summed E-state index contributed by atoms with van der Waals surface area (Å²) in [6.07, 6.45) is 6.77. The van der Waals surface area contributed by atoms with Crippen molar-refractivity contribution in [3.8, 4) is 22.3 Å². The Kier molecular flexibility index (Phi) is 8.88. The van der Waals surface area contributed by atoms with Crippen LogP contribution >= 0.6 is 0 Å². The van der Waals surface area contributed by atoms with Crippen LogP contribution in [0.25, 0.3) is 27.8 Å². The third kappa shape index (κ3) is 5.84. The molecular formula is C33H36F2O. The van der Waals surface area contributed by atoms with Crippen LogP contribution < -0.4 is 0 Å². The molecule has 0 bridgehead atoms. The normalized spacial score (nSPS) is 19.6. The quantitative estimate of drug-likeness (QED) is 0.245. The molecule has 1 aliphatic carbocycles. The van der Waals surface area contributed by atoms with Crippen molar-refractivity contribution in [3.63, 3.8) is 0 Å². The van der Waals surface area contributed by atoms with Gasteiger partial charge in [-0.1, -0.05) is 124 Å². The Hall–Kier alpha value is -3.04. The smallest absolute Gasteiger partial charge is 0.184 e. The molecule has 36 heavy (non-hydrogen) atoms. The fourth-order valence-corrected chi connectivity index (χ4v) is 4.76. The second-order valence-electron chi connectivity index (χ2n) is 9.59. The van der Waals surface area contributed by atoms with Crippen molar-refractivity contribution in [2.45, 2.75) is 64.1 Å². The highest BCUT2D eigenvalue weighted by Crippen LogP contribution is 2.41. The summed E-state index contributed by atoms with van der Waals surface area (Å²) in [6.45, 7) is 4.61. The van der Waals surface area contributed by atoms with Gasteiger partial charge in [0.1, 0.15) is 11.4 Å². The van der Waals surface area contributed by atoms with E-state index in [0.717, 1.165) is 48.8 Å².